The molecule has 3 aromatic carbocycles. The molecule has 2 N–H and O–H groups in total. The number of hydrazone groups is 1. The third-order valence-electron chi connectivity index (χ3n) is 4.43. The predicted octanol–water partition coefficient (Wildman–Crippen LogP) is 4.10. The Morgan fingerprint density at radius 3 is 2.23 bits per heavy atom. The number of hydrogen-bond donors (Lipinski definition) is 2. The molecule has 0 aliphatic heterocycles. The van der Waals surface area contributed by atoms with Gasteiger partial charge in [-0.15, -0.1) is 0 Å². The van der Waals surface area contributed by atoms with Gasteiger partial charge >= 0.3 is 0 Å². The molecule has 0 bridgehead atoms. The van der Waals surface area contributed by atoms with Gasteiger partial charge in [0.1, 0.15) is 5.69 Å². The van der Waals surface area contributed by atoms with Gasteiger partial charge in [0.05, 0.1) is 18.4 Å². The van der Waals surface area contributed by atoms with Crippen molar-refractivity contribution >= 4 is 17.8 Å². The molecule has 0 aliphatic rings. The Balaban J connectivity index is 1.49. The maximum absolute atomic E-state index is 12.1. The summed E-state index contributed by atoms with van der Waals surface area (Å²) in [6.07, 6.45) is 3.52. The second-order valence-electron chi connectivity index (χ2n) is 6.59. The van der Waals surface area contributed by atoms with E-state index in [0.717, 1.165) is 28.2 Å². The van der Waals surface area contributed by atoms with Crippen molar-refractivity contribution in [1.82, 2.24) is 15.2 Å². The number of hydrogen-bond acceptors (Lipinski definition) is 4. The minimum atomic E-state index is -0.230. The van der Waals surface area contributed by atoms with Gasteiger partial charge in [0.15, 0.2) is 0 Å². The van der Waals surface area contributed by atoms with Crippen LogP contribution in [-0.4, -0.2) is 28.4 Å². The molecular weight excluding hydrogens is 374 g/mol. The highest BCUT2D eigenvalue weighted by Gasteiger charge is 2.11. The van der Waals surface area contributed by atoms with Gasteiger partial charge in [0, 0.05) is 23.0 Å². The van der Waals surface area contributed by atoms with Gasteiger partial charge in [0.25, 0.3) is 5.91 Å². The maximum Gasteiger partial charge on any atom is 0.259 e. The Labute approximate surface area is 174 Å². The number of aromatic nitrogens is 2. The van der Waals surface area contributed by atoms with Crippen LogP contribution in [0, 0.1) is 0 Å². The minimum absolute atomic E-state index is 0.135. The molecule has 148 valence electrons. The van der Waals surface area contributed by atoms with Gasteiger partial charge in [-0.1, -0.05) is 66.7 Å². The highest BCUT2D eigenvalue weighted by Crippen LogP contribution is 2.22. The fourth-order valence-electron chi connectivity index (χ4n) is 2.97. The van der Waals surface area contributed by atoms with Crippen LogP contribution in [0.15, 0.2) is 102 Å². The Hall–Kier alpha value is -4.19. The van der Waals surface area contributed by atoms with Crippen LogP contribution in [0.1, 0.15) is 5.56 Å². The van der Waals surface area contributed by atoms with E-state index in [4.69, 9.17) is 5.10 Å². The second kappa shape index (κ2) is 9.34. The molecule has 1 amide bonds. The zero-order valence-corrected chi connectivity index (χ0v) is 16.3. The number of amides is 1. The number of carbonyl (C=O) groups is 1. The van der Waals surface area contributed by atoms with Crippen LogP contribution >= 0.6 is 0 Å². The molecule has 30 heavy (non-hydrogen) atoms. The van der Waals surface area contributed by atoms with Crippen molar-refractivity contribution < 1.29 is 4.79 Å². The first-order chi connectivity index (χ1) is 14.8. The molecule has 0 saturated heterocycles. The number of nitrogens with zero attached hydrogens (tertiary/aromatic N) is 3. The van der Waals surface area contributed by atoms with Crippen molar-refractivity contribution in [2.24, 2.45) is 5.10 Å². The summed E-state index contributed by atoms with van der Waals surface area (Å²) in [5, 5.41) is 11.9. The topological polar surface area (TPSA) is 71.3 Å². The molecule has 0 fully saturated rings. The normalized spacial score (nSPS) is 10.8. The van der Waals surface area contributed by atoms with E-state index in [9.17, 15) is 4.79 Å². The van der Waals surface area contributed by atoms with Crippen LogP contribution in [0.2, 0.25) is 0 Å². The lowest BCUT2D eigenvalue weighted by atomic mass is 10.1. The lowest BCUT2D eigenvalue weighted by molar-refractivity contribution is -0.119. The number of nitrogens with one attached hydrogen (secondary N) is 2. The van der Waals surface area contributed by atoms with E-state index in [2.05, 4.69) is 15.8 Å². The van der Waals surface area contributed by atoms with Crippen molar-refractivity contribution in [3.05, 3.63) is 103 Å². The van der Waals surface area contributed by atoms with Gasteiger partial charge in [-0.05, 0) is 24.3 Å². The summed E-state index contributed by atoms with van der Waals surface area (Å²) in [7, 11) is 0. The van der Waals surface area contributed by atoms with Gasteiger partial charge in [0.2, 0.25) is 0 Å². The monoisotopic (exact) mass is 395 g/mol. The molecule has 4 aromatic rings. The quantitative estimate of drug-likeness (QED) is 0.366. The number of rotatable bonds is 7. The van der Waals surface area contributed by atoms with E-state index in [0.29, 0.717) is 0 Å². The van der Waals surface area contributed by atoms with Crippen LogP contribution in [0.5, 0.6) is 0 Å². The molecule has 4 rings (SSSR count). The van der Waals surface area contributed by atoms with Crippen LogP contribution < -0.4 is 10.7 Å². The molecular formula is C24H21N5O. The largest absolute Gasteiger partial charge is 0.376 e. The second-order valence-corrected chi connectivity index (χ2v) is 6.59. The van der Waals surface area contributed by atoms with Gasteiger partial charge in [-0.25, -0.2) is 10.1 Å². The summed E-state index contributed by atoms with van der Waals surface area (Å²) in [5.74, 6) is -0.230. The SMILES string of the molecule is O=C(CNc1ccccc1)NN=Cc1cn(-c2ccccc2)nc1-c1ccccc1. The highest BCUT2D eigenvalue weighted by molar-refractivity contribution is 5.90. The average Bonchev–Trinajstić information content (AvgIpc) is 3.24. The summed E-state index contributed by atoms with van der Waals surface area (Å²) >= 11 is 0. The highest BCUT2D eigenvalue weighted by atomic mass is 16.2. The smallest absolute Gasteiger partial charge is 0.259 e. The lowest BCUT2D eigenvalue weighted by Crippen LogP contribution is -2.25. The third-order valence-corrected chi connectivity index (χ3v) is 4.43. The fraction of sp³-hybridized carbons (Fsp3) is 0.0417. The first-order valence-corrected chi connectivity index (χ1v) is 9.61. The van der Waals surface area contributed by atoms with E-state index in [1.807, 2.05) is 102 Å². The molecule has 6 heteroatoms. The molecule has 6 nitrogen and oxygen atoms in total. The molecule has 0 unspecified atom stereocenters. The van der Waals surface area contributed by atoms with E-state index >= 15 is 0 Å². The molecule has 1 heterocycles. The molecule has 0 radical (unpaired) electrons. The standard InChI is InChI=1S/C24H21N5O/c30-23(17-25-21-12-6-2-7-13-21)27-26-16-20-18-29(22-14-8-3-9-15-22)28-24(20)19-10-4-1-5-11-19/h1-16,18,25H,17H2,(H,27,30). The van der Waals surface area contributed by atoms with E-state index < -0.39 is 0 Å². The van der Waals surface area contributed by atoms with Crippen LogP contribution in [-0.2, 0) is 4.79 Å². The predicted molar refractivity (Wildman–Crippen MR) is 120 cm³/mol. The Kier molecular flexibility index (Phi) is 5.96. The number of anilines is 1. The molecule has 0 spiro atoms. The van der Waals surface area contributed by atoms with Crippen LogP contribution in [0.25, 0.3) is 16.9 Å². The first kappa shape index (κ1) is 19.1. The van der Waals surface area contributed by atoms with E-state index in [1.165, 1.54) is 0 Å². The Morgan fingerprint density at radius 1 is 0.900 bits per heavy atom. The number of carbonyl (C=O) groups excluding carboxylic acids is 1. The zero-order valence-electron chi connectivity index (χ0n) is 16.3. The summed E-state index contributed by atoms with van der Waals surface area (Å²) in [6, 6.07) is 29.3. The zero-order chi connectivity index (χ0) is 20.6. The third kappa shape index (κ3) is 4.80. The van der Waals surface area contributed by atoms with Gasteiger partial charge < -0.3 is 5.32 Å². The Bertz CT molecular complexity index is 1120. The molecule has 0 saturated carbocycles. The van der Waals surface area contributed by atoms with Crippen molar-refractivity contribution in [2.45, 2.75) is 0 Å². The van der Waals surface area contributed by atoms with Crippen molar-refractivity contribution in [3.63, 3.8) is 0 Å². The summed E-state index contributed by atoms with van der Waals surface area (Å²) in [5.41, 5.74) is 6.97. The van der Waals surface area contributed by atoms with Crippen LogP contribution in [0.4, 0.5) is 5.69 Å². The fourth-order valence-corrected chi connectivity index (χ4v) is 2.97. The van der Waals surface area contributed by atoms with Crippen molar-refractivity contribution in [1.29, 1.82) is 0 Å². The molecule has 0 atom stereocenters. The van der Waals surface area contributed by atoms with E-state index in [1.54, 1.807) is 6.21 Å². The summed E-state index contributed by atoms with van der Waals surface area (Å²) < 4.78 is 1.81. The summed E-state index contributed by atoms with van der Waals surface area (Å²) in [4.78, 5) is 12.1. The van der Waals surface area contributed by atoms with Gasteiger partial charge in [-0.2, -0.15) is 10.2 Å². The summed E-state index contributed by atoms with van der Waals surface area (Å²) in [6.45, 7) is 0.135. The molecule has 1 aromatic heterocycles. The number of benzene rings is 3. The first-order valence-electron chi connectivity index (χ1n) is 9.61. The van der Waals surface area contributed by atoms with Gasteiger partial charge in [-0.3, -0.25) is 4.79 Å². The van der Waals surface area contributed by atoms with Crippen molar-refractivity contribution in [3.8, 4) is 16.9 Å². The Morgan fingerprint density at radius 2 is 1.53 bits per heavy atom. The van der Waals surface area contributed by atoms with Crippen LogP contribution in [0.3, 0.4) is 0 Å². The number of para-hydroxylation sites is 2. The lowest BCUT2D eigenvalue weighted by Gasteiger charge is -2.04. The average molecular weight is 395 g/mol. The molecule has 0 aliphatic carbocycles. The minimum Gasteiger partial charge on any atom is -0.376 e. The maximum atomic E-state index is 12.1. The van der Waals surface area contributed by atoms with Crippen molar-refractivity contribution in [2.75, 3.05) is 11.9 Å². The van der Waals surface area contributed by atoms with E-state index in [-0.39, 0.29) is 12.5 Å².